The molecule has 0 aromatic carbocycles. The lowest BCUT2D eigenvalue weighted by atomic mass is 10.6. The number of anilines is 1. The molecule has 0 bridgehead atoms. The highest BCUT2D eigenvalue weighted by molar-refractivity contribution is 6.28. The molecule has 0 aliphatic rings. The van der Waals surface area contributed by atoms with E-state index in [1.54, 1.807) is 0 Å². The molecule has 8 nitrogen and oxygen atoms in total. The van der Waals surface area contributed by atoms with Gasteiger partial charge in [-0.2, -0.15) is 15.0 Å². The lowest BCUT2D eigenvalue weighted by Crippen LogP contribution is -2.33. The molecule has 0 fully saturated rings. The molecular weight excluding hydrogens is 248 g/mol. The Morgan fingerprint density at radius 3 is 2.82 bits per heavy atom. The first-order chi connectivity index (χ1) is 8.11. The summed E-state index contributed by atoms with van der Waals surface area (Å²) in [7, 11) is 0. The fraction of sp³-hybridized carbons (Fsp3) is 0.500. The second-order valence-electron chi connectivity index (χ2n) is 2.86. The molecule has 1 aromatic heterocycles. The first-order valence-electron chi connectivity index (χ1n) is 4.93. The zero-order chi connectivity index (χ0) is 12.7. The summed E-state index contributed by atoms with van der Waals surface area (Å²) in [4.78, 5) is 22.0. The summed E-state index contributed by atoms with van der Waals surface area (Å²) in [5.74, 6) is 0.278. The molecule has 1 rings (SSSR count). The van der Waals surface area contributed by atoms with Gasteiger partial charge in [-0.1, -0.05) is 0 Å². The molecule has 2 amide bonds. The maximum atomic E-state index is 10.4. The Morgan fingerprint density at radius 1 is 1.41 bits per heavy atom. The predicted molar refractivity (Wildman–Crippen MR) is 62.1 cm³/mol. The molecule has 94 valence electrons. The minimum absolute atomic E-state index is 0.0359. The van der Waals surface area contributed by atoms with Crippen LogP contribution < -0.4 is 21.1 Å². The van der Waals surface area contributed by atoms with E-state index in [4.69, 9.17) is 22.1 Å². The maximum Gasteiger partial charge on any atom is 0.322 e. The monoisotopic (exact) mass is 260 g/mol. The van der Waals surface area contributed by atoms with Crippen LogP contribution in [0.5, 0.6) is 6.01 Å². The number of nitrogens with two attached hydrogens (primary N) is 1. The number of ether oxygens (including phenoxy) is 1. The van der Waals surface area contributed by atoms with Gasteiger partial charge in [-0.3, -0.25) is 0 Å². The van der Waals surface area contributed by atoms with Crippen LogP contribution in [0.15, 0.2) is 0 Å². The number of aromatic nitrogens is 3. The minimum atomic E-state index is -0.588. The van der Waals surface area contributed by atoms with Crippen molar-refractivity contribution in [2.75, 3.05) is 25.0 Å². The van der Waals surface area contributed by atoms with Gasteiger partial charge >= 0.3 is 12.0 Å². The Kier molecular flexibility index (Phi) is 5.21. The molecule has 1 aromatic rings. The van der Waals surface area contributed by atoms with Crippen LogP contribution in [0.4, 0.5) is 10.7 Å². The van der Waals surface area contributed by atoms with Crippen LogP contribution in [0, 0.1) is 0 Å². The summed E-state index contributed by atoms with van der Waals surface area (Å²) in [6.07, 6.45) is 0. The normalized spacial score (nSPS) is 9.76. The number of nitrogens with one attached hydrogen (secondary N) is 2. The SMILES string of the molecule is CCOc1nc(Cl)nc(NCCNC(N)=O)n1. The van der Waals surface area contributed by atoms with E-state index in [0.29, 0.717) is 19.7 Å². The number of primary amides is 1. The smallest absolute Gasteiger partial charge is 0.322 e. The van der Waals surface area contributed by atoms with Crippen molar-refractivity contribution >= 4 is 23.6 Å². The highest BCUT2D eigenvalue weighted by Gasteiger charge is 2.04. The first kappa shape index (κ1) is 13.2. The summed E-state index contributed by atoms with van der Waals surface area (Å²) in [5, 5.41) is 5.29. The zero-order valence-electron chi connectivity index (χ0n) is 9.23. The van der Waals surface area contributed by atoms with Gasteiger partial charge in [0, 0.05) is 13.1 Å². The van der Waals surface area contributed by atoms with Crippen molar-refractivity contribution in [2.45, 2.75) is 6.92 Å². The lowest BCUT2D eigenvalue weighted by molar-refractivity contribution is 0.249. The Labute approximate surface area is 103 Å². The van der Waals surface area contributed by atoms with E-state index in [2.05, 4.69) is 25.6 Å². The van der Waals surface area contributed by atoms with Crippen LogP contribution in [-0.4, -0.2) is 40.7 Å². The Hall–Kier alpha value is -1.83. The van der Waals surface area contributed by atoms with Crippen LogP contribution in [0.25, 0.3) is 0 Å². The van der Waals surface area contributed by atoms with Crippen molar-refractivity contribution in [3.05, 3.63) is 5.28 Å². The quantitative estimate of drug-likeness (QED) is 0.621. The van der Waals surface area contributed by atoms with Crippen molar-refractivity contribution in [1.82, 2.24) is 20.3 Å². The van der Waals surface area contributed by atoms with E-state index >= 15 is 0 Å². The summed E-state index contributed by atoms with van der Waals surface area (Å²) >= 11 is 5.68. The average Bonchev–Trinajstić information content (AvgIpc) is 2.24. The molecule has 0 saturated heterocycles. The number of amides is 2. The number of rotatable bonds is 6. The zero-order valence-corrected chi connectivity index (χ0v) is 9.99. The van der Waals surface area contributed by atoms with Crippen LogP contribution in [0.2, 0.25) is 5.28 Å². The molecular formula is C8H13ClN6O2. The van der Waals surface area contributed by atoms with Crippen molar-refractivity contribution in [3.8, 4) is 6.01 Å². The number of hydrogen-bond acceptors (Lipinski definition) is 6. The Bertz CT molecular complexity index is 388. The molecule has 4 N–H and O–H groups in total. The van der Waals surface area contributed by atoms with E-state index in [1.807, 2.05) is 6.92 Å². The highest BCUT2D eigenvalue weighted by atomic mass is 35.5. The van der Waals surface area contributed by atoms with Gasteiger partial charge in [0.05, 0.1) is 6.61 Å². The van der Waals surface area contributed by atoms with E-state index in [0.717, 1.165) is 0 Å². The molecule has 9 heteroatoms. The van der Waals surface area contributed by atoms with Crippen molar-refractivity contribution < 1.29 is 9.53 Å². The molecule has 0 aliphatic carbocycles. The molecule has 17 heavy (non-hydrogen) atoms. The van der Waals surface area contributed by atoms with Gasteiger partial charge in [-0.25, -0.2) is 4.79 Å². The van der Waals surface area contributed by atoms with Gasteiger partial charge in [0.1, 0.15) is 0 Å². The van der Waals surface area contributed by atoms with Crippen molar-refractivity contribution in [2.24, 2.45) is 5.73 Å². The third kappa shape index (κ3) is 5.16. The lowest BCUT2D eigenvalue weighted by Gasteiger charge is -2.06. The van der Waals surface area contributed by atoms with E-state index < -0.39 is 6.03 Å². The summed E-state index contributed by atoms with van der Waals surface area (Å²) in [6.45, 7) is 3.00. The molecule has 0 spiro atoms. The third-order valence-corrected chi connectivity index (χ3v) is 1.74. The number of hydrogen-bond donors (Lipinski definition) is 3. The molecule has 1 heterocycles. The summed E-state index contributed by atoms with van der Waals surface area (Å²) in [6, 6.07) is -0.437. The van der Waals surface area contributed by atoms with Crippen LogP contribution in [0.3, 0.4) is 0 Å². The summed E-state index contributed by atoms with van der Waals surface area (Å²) < 4.78 is 5.10. The van der Waals surface area contributed by atoms with Gasteiger partial charge in [-0.15, -0.1) is 0 Å². The fourth-order valence-electron chi connectivity index (χ4n) is 0.965. The second-order valence-corrected chi connectivity index (χ2v) is 3.20. The molecule has 0 radical (unpaired) electrons. The highest BCUT2D eigenvalue weighted by Crippen LogP contribution is 2.10. The summed E-state index contributed by atoms with van der Waals surface area (Å²) in [5.41, 5.74) is 4.90. The topological polar surface area (TPSA) is 115 Å². The first-order valence-corrected chi connectivity index (χ1v) is 5.31. The molecule has 0 unspecified atom stereocenters. The number of carbonyl (C=O) groups excluding carboxylic acids is 1. The Morgan fingerprint density at radius 2 is 2.18 bits per heavy atom. The standard InChI is InChI=1S/C8H13ClN6O2/c1-2-17-8-14-5(9)13-7(15-8)12-4-3-11-6(10)16/h2-4H2,1H3,(H3,10,11,16)(H,12,13,14,15). The van der Waals surface area contributed by atoms with Gasteiger partial charge in [0.15, 0.2) is 0 Å². The maximum absolute atomic E-state index is 10.4. The van der Waals surface area contributed by atoms with Crippen LogP contribution >= 0.6 is 11.6 Å². The average molecular weight is 261 g/mol. The second kappa shape index (κ2) is 6.69. The van der Waals surface area contributed by atoms with E-state index in [-0.39, 0.29) is 17.2 Å². The Balaban J connectivity index is 2.49. The molecule has 0 aliphatic heterocycles. The predicted octanol–water partition coefficient (Wildman–Crippen LogP) is 0.00390. The molecule has 0 atom stereocenters. The van der Waals surface area contributed by atoms with Crippen LogP contribution in [0.1, 0.15) is 6.92 Å². The number of halogens is 1. The largest absolute Gasteiger partial charge is 0.464 e. The van der Waals surface area contributed by atoms with Gasteiger partial charge < -0.3 is 21.1 Å². The number of urea groups is 1. The van der Waals surface area contributed by atoms with Gasteiger partial charge in [0.2, 0.25) is 11.2 Å². The van der Waals surface area contributed by atoms with Crippen molar-refractivity contribution in [3.63, 3.8) is 0 Å². The van der Waals surface area contributed by atoms with E-state index in [9.17, 15) is 4.79 Å². The third-order valence-electron chi connectivity index (χ3n) is 1.57. The fourth-order valence-corrected chi connectivity index (χ4v) is 1.12. The minimum Gasteiger partial charge on any atom is -0.464 e. The van der Waals surface area contributed by atoms with Gasteiger partial charge in [0.25, 0.3) is 0 Å². The van der Waals surface area contributed by atoms with Crippen molar-refractivity contribution in [1.29, 1.82) is 0 Å². The molecule has 0 saturated carbocycles. The number of nitrogens with zero attached hydrogens (tertiary/aromatic N) is 3. The number of carbonyl (C=O) groups is 1. The van der Waals surface area contributed by atoms with Crippen LogP contribution in [-0.2, 0) is 0 Å². The van der Waals surface area contributed by atoms with Gasteiger partial charge in [-0.05, 0) is 18.5 Å². The van der Waals surface area contributed by atoms with E-state index in [1.165, 1.54) is 0 Å².